The van der Waals surface area contributed by atoms with E-state index >= 15 is 0 Å². The number of rotatable bonds is 2. The molecule has 2 aromatic rings. The molecule has 0 unspecified atom stereocenters. The summed E-state index contributed by atoms with van der Waals surface area (Å²) in [5.74, 6) is -0.939. The minimum Gasteiger partial charge on any atom is -0.478 e. The van der Waals surface area contributed by atoms with Crippen LogP contribution >= 0.6 is 0 Å². The summed E-state index contributed by atoms with van der Waals surface area (Å²) in [7, 11) is 0. The standard InChI is InChI=1S/C12H11NO2/c1-2-8-3-4-11-9(5-8)6-10(7-13-11)12(14)15/h3-7H,2H2,1H3,(H,14,15). The molecule has 1 aromatic carbocycles. The number of hydrogen-bond acceptors (Lipinski definition) is 2. The average molecular weight is 201 g/mol. The van der Waals surface area contributed by atoms with E-state index in [9.17, 15) is 4.79 Å². The summed E-state index contributed by atoms with van der Waals surface area (Å²) in [5, 5.41) is 9.71. The Balaban J connectivity index is 2.62. The number of benzene rings is 1. The molecule has 0 saturated carbocycles. The number of pyridine rings is 1. The third kappa shape index (κ3) is 1.81. The van der Waals surface area contributed by atoms with E-state index in [1.165, 1.54) is 11.8 Å². The highest BCUT2D eigenvalue weighted by atomic mass is 16.4. The minimum atomic E-state index is -0.939. The normalized spacial score (nSPS) is 10.5. The Morgan fingerprint density at radius 3 is 2.87 bits per heavy atom. The van der Waals surface area contributed by atoms with Crippen LogP contribution in [0.25, 0.3) is 10.9 Å². The van der Waals surface area contributed by atoms with Crippen molar-refractivity contribution in [2.75, 3.05) is 0 Å². The largest absolute Gasteiger partial charge is 0.478 e. The van der Waals surface area contributed by atoms with Crippen LogP contribution in [0, 0.1) is 0 Å². The number of aromatic carboxylic acids is 1. The highest BCUT2D eigenvalue weighted by molar-refractivity contribution is 5.92. The molecule has 2 rings (SSSR count). The zero-order valence-electron chi connectivity index (χ0n) is 8.40. The van der Waals surface area contributed by atoms with Gasteiger partial charge in [-0.15, -0.1) is 0 Å². The van der Waals surface area contributed by atoms with Crippen molar-refractivity contribution in [1.82, 2.24) is 4.98 Å². The monoisotopic (exact) mass is 201 g/mol. The summed E-state index contributed by atoms with van der Waals surface area (Å²) in [6.45, 7) is 2.07. The van der Waals surface area contributed by atoms with Crippen molar-refractivity contribution in [3.8, 4) is 0 Å². The molecule has 0 bridgehead atoms. The highest BCUT2D eigenvalue weighted by Gasteiger charge is 2.04. The van der Waals surface area contributed by atoms with E-state index in [1.807, 2.05) is 18.2 Å². The van der Waals surface area contributed by atoms with Gasteiger partial charge in [-0.3, -0.25) is 4.98 Å². The number of carboxylic acids is 1. The van der Waals surface area contributed by atoms with Crippen LogP contribution < -0.4 is 0 Å². The van der Waals surface area contributed by atoms with Crippen LogP contribution in [0.2, 0.25) is 0 Å². The Morgan fingerprint density at radius 2 is 2.20 bits per heavy atom. The first-order valence-corrected chi connectivity index (χ1v) is 4.82. The van der Waals surface area contributed by atoms with E-state index in [0.29, 0.717) is 0 Å². The van der Waals surface area contributed by atoms with Crippen LogP contribution in [0.4, 0.5) is 0 Å². The lowest BCUT2D eigenvalue weighted by Gasteiger charge is -2.01. The molecule has 0 atom stereocenters. The number of nitrogens with zero attached hydrogens (tertiary/aromatic N) is 1. The maximum absolute atomic E-state index is 10.8. The van der Waals surface area contributed by atoms with E-state index < -0.39 is 5.97 Å². The summed E-state index contributed by atoms with van der Waals surface area (Å²) in [6.07, 6.45) is 2.32. The molecule has 1 heterocycles. The first kappa shape index (κ1) is 9.65. The molecule has 0 aliphatic heterocycles. The summed E-state index contributed by atoms with van der Waals surface area (Å²) in [5.41, 5.74) is 2.25. The lowest BCUT2D eigenvalue weighted by Crippen LogP contribution is -1.97. The fraction of sp³-hybridized carbons (Fsp3) is 0.167. The van der Waals surface area contributed by atoms with Gasteiger partial charge in [-0.05, 0) is 30.2 Å². The van der Waals surface area contributed by atoms with Crippen LogP contribution in [0.1, 0.15) is 22.8 Å². The third-order valence-electron chi connectivity index (χ3n) is 2.40. The van der Waals surface area contributed by atoms with Gasteiger partial charge in [-0.1, -0.05) is 13.0 Å². The van der Waals surface area contributed by atoms with Gasteiger partial charge in [-0.25, -0.2) is 4.79 Å². The molecule has 0 amide bonds. The van der Waals surface area contributed by atoms with Crippen molar-refractivity contribution in [2.45, 2.75) is 13.3 Å². The van der Waals surface area contributed by atoms with Crippen molar-refractivity contribution in [3.63, 3.8) is 0 Å². The van der Waals surface area contributed by atoms with Crippen LogP contribution in [0.3, 0.4) is 0 Å². The van der Waals surface area contributed by atoms with Crippen molar-refractivity contribution in [2.24, 2.45) is 0 Å². The number of fused-ring (bicyclic) bond motifs is 1. The topological polar surface area (TPSA) is 50.2 Å². The van der Waals surface area contributed by atoms with Crippen molar-refractivity contribution in [3.05, 3.63) is 41.6 Å². The van der Waals surface area contributed by atoms with E-state index in [0.717, 1.165) is 17.3 Å². The van der Waals surface area contributed by atoms with E-state index in [2.05, 4.69) is 11.9 Å². The van der Waals surface area contributed by atoms with Crippen LogP contribution in [-0.4, -0.2) is 16.1 Å². The number of carbonyl (C=O) groups is 1. The Hall–Kier alpha value is -1.90. The van der Waals surface area contributed by atoms with E-state index in [1.54, 1.807) is 6.07 Å². The van der Waals surface area contributed by atoms with E-state index in [4.69, 9.17) is 5.11 Å². The molecular formula is C12H11NO2. The van der Waals surface area contributed by atoms with Crippen molar-refractivity contribution < 1.29 is 9.90 Å². The molecule has 76 valence electrons. The number of aromatic nitrogens is 1. The number of aryl methyl sites for hydroxylation is 1. The van der Waals surface area contributed by atoms with Gasteiger partial charge in [0.2, 0.25) is 0 Å². The Labute approximate surface area is 87.4 Å². The quantitative estimate of drug-likeness (QED) is 0.812. The molecule has 0 radical (unpaired) electrons. The number of hydrogen-bond donors (Lipinski definition) is 1. The molecule has 1 aromatic heterocycles. The zero-order valence-corrected chi connectivity index (χ0v) is 8.40. The molecule has 3 heteroatoms. The molecule has 1 N–H and O–H groups in total. The molecule has 0 saturated heterocycles. The van der Waals surface area contributed by atoms with Gasteiger partial charge in [0.05, 0.1) is 11.1 Å². The van der Waals surface area contributed by atoms with Gasteiger partial charge in [-0.2, -0.15) is 0 Å². The Kier molecular flexibility index (Phi) is 2.37. The first-order chi connectivity index (χ1) is 7.20. The van der Waals surface area contributed by atoms with Crippen molar-refractivity contribution >= 4 is 16.9 Å². The molecule has 3 nitrogen and oxygen atoms in total. The molecule has 0 fully saturated rings. The van der Waals surface area contributed by atoms with Gasteiger partial charge in [0.15, 0.2) is 0 Å². The van der Waals surface area contributed by atoms with Crippen LogP contribution in [0.15, 0.2) is 30.5 Å². The molecule has 0 spiro atoms. The van der Waals surface area contributed by atoms with Gasteiger partial charge >= 0.3 is 5.97 Å². The first-order valence-electron chi connectivity index (χ1n) is 4.82. The van der Waals surface area contributed by atoms with Gasteiger partial charge in [0, 0.05) is 11.6 Å². The average Bonchev–Trinajstić information content (AvgIpc) is 2.27. The highest BCUT2D eigenvalue weighted by Crippen LogP contribution is 2.15. The number of carboxylic acid groups (broad SMARTS) is 1. The summed E-state index contributed by atoms with van der Waals surface area (Å²) < 4.78 is 0. The Bertz CT molecular complexity index is 520. The summed E-state index contributed by atoms with van der Waals surface area (Å²) in [4.78, 5) is 14.9. The lowest BCUT2D eigenvalue weighted by atomic mass is 10.1. The molecule has 0 aliphatic rings. The van der Waals surface area contributed by atoms with E-state index in [-0.39, 0.29) is 5.56 Å². The van der Waals surface area contributed by atoms with Crippen LogP contribution in [-0.2, 0) is 6.42 Å². The van der Waals surface area contributed by atoms with Gasteiger partial charge in [0.25, 0.3) is 0 Å². The zero-order chi connectivity index (χ0) is 10.8. The van der Waals surface area contributed by atoms with Crippen molar-refractivity contribution in [1.29, 1.82) is 0 Å². The second kappa shape index (κ2) is 3.69. The molecular weight excluding hydrogens is 190 g/mol. The van der Waals surface area contributed by atoms with Crippen LogP contribution in [0.5, 0.6) is 0 Å². The van der Waals surface area contributed by atoms with Gasteiger partial charge < -0.3 is 5.11 Å². The second-order valence-corrected chi connectivity index (χ2v) is 3.41. The lowest BCUT2D eigenvalue weighted by molar-refractivity contribution is 0.0696. The fourth-order valence-electron chi connectivity index (χ4n) is 1.52. The molecule has 0 aliphatic carbocycles. The SMILES string of the molecule is CCc1ccc2ncc(C(=O)O)cc2c1. The predicted molar refractivity (Wildman–Crippen MR) is 58.1 cm³/mol. The molecule has 15 heavy (non-hydrogen) atoms. The smallest absolute Gasteiger partial charge is 0.337 e. The maximum Gasteiger partial charge on any atom is 0.337 e. The fourth-order valence-corrected chi connectivity index (χ4v) is 1.52. The van der Waals surface area contributed by atoms with Gasteiger partial charge in [0.1, 0.15) is 0 Å². The summed E-state index contributed by atoms with van der Waals surface area (Å²) in [6, 6.07) is 7.56. The maximum atomic E-state index is 10.8. The third-order valence-corrected chi connectivity index (χ3v) is 2.40. The predicted octanol–water partition coefficient (Wildman–Crippen LogP) is 2.50. The minimum absolute atomic E-state index is 0.232. The summed E-state index contributed by atoms with van der Waals surface area (Å²) >= 11 is 0. The second-order valence-electron chi connectivity index (χ2n) is 3.41. The Morgan fingerprint density at radius 1 is 1.40 bits per heavy atom.